The third-order valence-corrected chi connectivity index (χ3v) is 3.02. The molecule has 0 aliphatic rings. The normalized spacial score (nSPS) is 10.1. The van der Waals surface area contributed by atoms with Gasteiger partial charge in [0.25, 0.3) is 0 Å². The molecule has 2 rings (SSSR count). The van der Waals surface area contributed by atoms with Crippen LogP contribution in [0.2, 0.25) is 0 Å². The highest BCUT2D eigenvalue weighted by Crippen LogP contribution is 2.23. The van der Waals surface area contributed by atoms with Crippen molar-refractivity contribution in [3.8, 4) is 5.75 Å². The SMILES string of the molecule is CCOc1ccccc1NC(=O)CNc1ccc(C)cc1F. The van der Waals surface area contributed by atoms with Crippen LogP contribution in [0.3, 0.4) is 0 Å². The van der Waals surface area contributed by atoms with Gasteiger partial charge in [0.1, 0.15) is 11.6 Å². The molecule has 0 radical (unpaired) electrons. The molecule has 0 fully saturated rings. The Morgan fingerprint density at radius 3 is 2.68 bits per heavy atom. The number of carbonyl (C=O) groups excluding carboxylic acids is 1. The van der Waals surface area contributed by atoms with Gasteiger partial charge >= 0.3 is 0 Å². The van der Waals surface area contributed by atoms with Gasteiger partial charge in [-0.05, 0) is 43.7 Å². The molecule has 0 bridgehead atoms. The van der Waals surface area contributed by atoms with Crippen molar-refractivity contribution < 1.29 is 13.9 Å². The fourth-order valence-electron chi connectivity index (χ4n) is 1.98. The lowest BCUT2D eigenvalue weighted by Gasteiger charge is -2.12. The van der Waals surface area contributed by atoms with Crippen LogP contribution in [-0.2, 0) is 4.79 Å². The summed E-state index contributed by atoms with van der Waals surface area (Å²) in [6.07, 6.45) is 0. The van der Waals surface area contributed by atoms with Gasteiger partial charge in [0.15, 0.2) is 0 Å². The Morgan fingerprint density at radius 2 is 1.95 bits per heavy atom. The fourth-order valence-corrected chi connectivity index (χ4v) is 1.98. The summed E-state index contributed by atoms with van der Waals surface area (Å²) in [6, 6.07) is 12.0. The molecule has 4 nitrogen and oxygen atoms in total. The van der Waals surface area contributed by atoms with Gasteiger partial charge in [0, 0.05) is 0 Å². The van der Waals surface area contributed by atoms with Crippen LogP contribution in [0.5, 0.6) is 5.75 Å². The van der Waals surface area contributed by atoms with E-state index < -0.39 is 0 Å². The number of ether oxygens (including phenoxy) is 1. The third kappa shape index (κ3) is 4.22. The number of hydrogen-bond acceptors (Lipinski definition) is 3. The van der Waals surface area contributed by atoms with Crippen LogP contribution in [-0.4, -0.2) is 19.1 Å². The summed E-state index contributed by atoms with van der Waals surface area (Å²) < 4.78 is 19.1. The lowest BCUT2D eigenvalue weighted by molar-refractivity contribution is -0.114. The van der Waals surface area contributed by atoms with E-state index in [9.17, 15) is 9.18 Å². The zero-order chi connectivity index (χ0) is 15.9. The van der Waals surface area contributed by atoms with Gasteiger partial charge < -0.3 is 15.4 Å². The quantitative estimate of drug-likeness (QED) is 0.857. The third-order valence-electron chi connectivity index (χ3n) is 3.02. The second-order valence-electron chi connectivity index (χ2n) is 4.81. The molecular formula is C17H19FN2O2. The summed E-state index contributed by atoms with van der Waals surface area (Å²) in [5.74, 6) is -0.0329. The molecule has 22 heavy (non-hydrogen) atoms. The molecule has 1 amide bonds. The van der Waals surface area contributed by atoms with Gasteiger partial charge in [0.05, 0.1) is 24.5 Å². The van der Waals surface area contributed by atoms with Gasteiger partial charge in [-0.15, -0.1) is 0 Å². The lowest BCUT2D eigenvalue weighted by atomic mass is 10.2. The van der Waals surface area contributed by atoms with E-state index in [4.69, 9.17) is 4.74 Å². The maximum Gasteiger partial charge on any atom is 0.243 e. The number of nitrogens with one attached hydrogen (secondary N) is 2. The van der Waals surface area contributed by atoms with Crippen molar-refractivity contribution in [2.75, 3.05) is 23.8 Å². The Hall–Kier alpha value is -2.56. The molecule has 0 heterocycles. The van der Waals surface area contributed by atoms with Crippen LogP contribution in [0.4, 0.5) is 15.8 Å². The Bertz CT molecular complexity index is 659. The van der Waals surface area contributed by atoms with Gasteiger partial charge in [-0.2, -0.15) is 0 Å². The number of rotatable bonds is 6. The minimum Gasteiger partial charge on any atom is -0.492 e. The number of amides is 1. The topological polar surface area (TPSA) is 50.4 Å². The number of hydrogen-bond donors (Lipinski definition) is 2. The van der Waals surface area contributed by atoms with Crippen molar-refractivity contribution in [1.82, 2.24) is 0 Å². The average molecular weight is 302 g/mol. The van der Waals surface area contributed by atoms with Gasteiger partial charge in [-0.25, -0.2) is 4.39 Å². The maximum atomic E-state index is 13.7. The summed E-state index contributed by atoms with van der Waals surface area (Å²) in [4.78, 5) is 12.0. The van der Waals surface area contributed by atoms with Crippen molar-refractivity contribution in [3.63, 3.8) is 0 Å². The van der Waals surface area contributed by atoms with E-state index in [1.165, 1.54) is 6.07 Å². The molecule has 2 aromatic rings. The zero-order valence-electron chi connectivity index (χ0n) is 12.7. The average Bonchev–Trinajstić information content (AvgIpc) is 2.48. The van der Waals surface area contributed by atoms with Gasteiger partial charge in [-0.1, -0.05) is 18.2 Å². The number of aryl methyl sites for hydroxylation is 1. The first-order valence-corrected chi connectivity index (χ1v) is 7.12. The van der Waals surface area contributed by atoms with Crippen LogP contribution < -0.4 is 15.4 Å². The minimum absolute atomic E-state index is 0.0273. The fraction of sp³-hybridized carbons (Fsp3) is 0.235. The monoisotopic (exact) mass is 302 g/mol. The second-order valence-corrected chi connectivity index (χ2v) is 4.81. The Balaban J connectivity index is 1.96. The van der Waals surface area contributed by atoms with Crippen molar-refractivity contribution >= 4 is 17.3 Å². The first-order chi connectivity index (χ1) is 10.6. The van der Waals surface area contributed by atoms with Gasteiger partial charge in [-0.3, -0.25) is 4.79 Å². The molecule has 0 saturated carbocycles. The van der Waals surface area contributed by atoms with E-state index in [1.54, 1.807) is 24.3 Å². The number of benzene rings is 2. The summed E-state index contributed by atoms with van der Waals surface area (Å²) in [5, 5.41) is 5.53. The van der Waals surface area contributed by atoms with Crippen LogP contribution >= 0.6 is 0 Å². The molecule has 0 aromatic heterocycles. The summed E-state index contributed by atoms with van der Waals surface area (Å²) >= 11 is 0. The summed E-state index contributed by atoms with van der Waals surface area (Å²) in [7, 11) is 0. The molecule has 0 aliphatic carbocycles. The first-order valence-electron chi connectivity index (χ1n) is 7.12. The molecule has 2 aromatic carbocycles. The number of para-hydroxylation sites is 2. The number of carbonyl (C=O) groups is 1. The van der Waals surface area contributed by atoms with Crippen molar-refractivity contribution in [3.05, 3.63) is 53.8 Å². The predicted octanol–water partition coefficient (Wildman–Crippen LogP) is 3.58. The lowest BCUT2D eigenvalue weighted by Crippen LogP contribution is -2.22. The van der Waals surface area contributed by atoms with Crippen molar-refractivity contribution in [2.45, 2.75) is 13.8 Å². The largest absolute Gasteiger partial charge is 0.492 e. The molecule has 0 aliphatic heterocycles. The summed E-state index contributed by atoms with van der Waals surface area (Å²) in [6.45, 7) is 4.17. The highest BCUT2D eigenvalue weighted by atomic mass is 19.1. The van der Waals surface area contributed by atoms with Crippen LogP contribution in [0.25, 0.3) is 0 Å². The van der Waals surface area contributed by atoms with Crippen molar-refractivity contribution in [2.24, 2.45) is 0 Å². The summed E-state index contributed by atoms with van der Waals surface area (Å²) in [5.41, 5.74) is 1.73. The van der Waals surface area contributed by atoms with E-state index in [0.29, 0.717) is 23.7 Å². The second kappa shape index (κ2) is 7.45. The van der Waals surface area contributed by atoms with Crippen LogP contribution in [0.1, 0.15) is 12.5 Å². The van der Waals surface area contributed by atoms with Crippen LogP contribution in [0, 0.1) is 12.7 Å². The van der Waals surface area contributed by atoms with E-state index in [2.05, 4.69) is 10.6 Å². The van der Waals surface area contributed by atoms with Crippen molar-refractivity contribution in [1.29, 1.82) is 0 Å². The van der Waals surface area contributed by atoms with E-state index >= 15 is 0 Å². The highest BCUT2D eigenvalue weighted by Gasteiger charge is 2.08. The number of anilines is 2. The molecule has 2 N–H and O–H groups in total. The van der Waals surface area contributed by atoms with E-state index in [1.807, 2.05) is 26.0 Å². The molecule has 116 valence electrons. The molecule has 5 heteroatoms. The van der Waals surface area contributed by atoms with E-state index in [-0.39, 0.29) is 18.3 Å². The molecule has 0 unspecified atom stereocenters. The molecule has 0 saturated heterocycles. The molecule has 0 spiro atoms. The standard InChI is InChI=1S/C17H19FN2O2/c1-3-22-16-7-5-4-6-15(16)20-17(21)11-19-14-9-8-12(2)10-13(14)18/h4-10,19H,3,11H2,1-2H3,(H,20,21). The molecular weight excluding hydrogens is 283 g/mol. The Labute approximate surface area is 129 Å². The number of halogens is 1. The smallest absolute Gasteiger partial charge is 0.243 e. The highest BCUT2D eigenvalue weighted by molar-refractivity contribution is 5.95. The Kier molecular flexibility index (Phi) is 5.36. The first kappa shape index (κ1) is 15.8. The zero-order valence-corrected chi connectivity index (χ0v) is 12.7. The predicted molar refractivity (Wildman–Crippen MR) is 85.9 cm³/mol. The molecule has 0 atom stereocenters. The maximum absolute atomic E-state index is 13.7. The van der Waals surface area contributed by atoms with E-state index in [0.717, 1.165) is 5.56 Å². The minimum atomic E-state index is -0.373. The van der Waals surface area contributed by atoms with Gasteiger partial charge in [0.2, 0.25) is 5.91 Å². The van der Waals surface area contributed by atoms with Crippen LogP contribution in [0.15, 0.2) is 42.5 Å². The Morgan fingerprint density at radius 1 is 1.18 bits per heavy atom.